The van der Waals surface area contributed by atoms with Gasteiger partial charge >= 0.3 is 11.9 Å². The Balaban J connectivity index is 1.87. The molecule has 28 heavy (non-hydrogen) atoms. The van der Waals surface area contributed by atoms with Crippen LogP contribution in [0.25, 0.3) is 0 Å². The lowest BCUT2D eigenvalue weighted by Crippen LogP contribution is -2.67. The van der Waals surface area contributed by atoms with E-state index in [1.807, 2.05) is 6.92 Å². The van der Waals surface area contributed by atoms with E-state index in [4.69, 9.17) is 30.5 Å². The number of aliphatic hydroxyl groups is 1. The number of aliphatic hydroxyl groups excluding tert-OH is 1. The number of halogens is 1. The Kier molecular flexibility index (Phi) is 4.43. The van der Waals surface area contributed by atoms with Crippen LogP contribution in [-0.4, -0.2) is 71.9 Å². The largest absolute Gasteiger partial charge is 0.465 e. The van der Waals surface area contributed by atoms with Crippen LogP contribution in [0.5, 0.6) is 0 Å². The van der Waals surface area contributed by atoms with Crippen LogP contribution < -0.4 is 0 Å². The number of carbonyl (C=O) groups excluding carboxylic acids is 3. The van der Waals surface area contributed by atoms with Crippen LogP contribution in [0, 0.1) is 10.8 Å². The van der Waals surface area contributed by atoms with Gasteiger partial charge in [0, 0.05) is 13.3 Å². The van der Waals surface area contributed by atoms with Crippen LogP contribution in [0.15, 0.2) is 11.6 Å². The SMILES string of the molecule is CC(=O)OC[C@]12CC(=O)C(C)=C[C@H]1O[C@@H]1[C@H](O)[C@@H](OC(=O)CCl)[C@@]2(C)[C@]12CO2. The van der Waals surface area contributed by atoms with Gasteiger partial charge in [0.05, 0.1) is 23.5 Å². The molecule has 7 atom stereocenters. The molecule has 0 aromatic rings. The van der Waals surface area contributed by atoms with Crippen LogP contribution in [0.2, 0.25) is 0 Å². The summed E-state index contributed by atoms with van der Waals surface area (Å²) >= 11 is 5.62. The first-order valence-electron chi connectivity index (χ1n) is 9.21. The van der Waals surface area contributed by atoms with Crippen LogP contribution in [0.4, 0.5) is 0 Å². The summed E-state index contributed by atoms with van der Waals surface area (Å²) < 4.78 is 22.9. The van der Waals surface area contributed by atoms with Crippen molar-refractivity contribution in [2.24, 2.45) is 10.8 Å². The smallest absolute Gasteiger partial charge is 0.321 e. The van der Waals surface area contributed by atoms with Crippen LogP contribution in [0.1, 0.15) is 27.2 Å². The molecule has 4 aliphatic rings. The number of hydrogen-bond acceptors (Lipinski definition) is 8. The molecule has 0 radical (unpaired) electrons. The van der Waals surface area contributed by atoms with E-state index in [-0.39, 0.29) is 31.3 Å². The van der Waals surface area contributed by atoms with Crippen molar-refractivity contribution >= 4 is 29.3 Å². The zero-order valence-corrected chi connectivity index (χ0v) is 16.7. The van der Waals surface area contributed by atoms with Crippen molar-refractivity contribution < 1.29 is 38.4 Å². The maximum atomic E-state index is 12.7. The fourth-order valence-corrected chi connectivity index (χ4v) is 5.50. The predicted octanol–water partition coefficient (Wildman–Crippen LogP) is 0.523. The second-order valence-corrected chi connectivity index (χ2v) is 8.55. The lowest BCUT2D eigenvalue weighted by molar-refractivity contribution is -0.231. The van der Waals surface area contributed by atoms with Crippen molar-refractivity contribution in [2.45, 2.75) is 57.2 Å². The van der Waals surface area contributed by atoms with Gasteiger partial charge in [-0.1, -0.05) is 6.92 Å². The van der Waals surface area contributed by atoms with Crippen molar-refractivity contribution in [3.8, 4) is 0 Å². The van der Waals surface area contributed by atoms with E-state index in [1.165, 1.54) is 6.92 Å². The van der Waals surface area contributed by atoms with Crippen molar-refractivity contribution in [3.63, 3.8) is 0 Å². The van der Waals surface area contributed by atoms with Crippen molar-refractivity contribution in [2.75, 3.05) is 19.1 Å². The summed E-state index contributed by atoms with van der Waals surface area (Å²) in [7, 11) is 0. The molecule has 0 amide bonds. The lowest BCUT2D eigenvalue weighted by Gasteiger charge is -2.57. The highest BCUT2D eigenvalue weighted by Crippen LogP contribution is 2.71. The number of ketones is 1. The minimum Gasteiger partial charge on any atom is -0.465 e. The summed E-state index contributed by atoms with van der Waals surface area (Å²) in [5.74, 6) is -1.69. The van der Waals surface area contributed by atoms with Crippen LogP contribution in [0.3, 0.4) is 0 Å². The number of rotatable bonds is 4. The standard InChI is InChI=1S/C19H23ClO8/c1-9-4-12-18(5-11(9)22,7-25-10(2)21)17(3)15(28-13(23)6-20)14(24)16(27-12)19(17)8-26-19/h4,12,14-16,24H,5-8H2,1-3H3/t12-,14-,15-,16-,17-,18-,19+/m1/s1. The van der Waals surface area contributed by atoms with Gasteiger partial charge in [-0.15, -0.1) is 11.6 Å². The van der Waals surface area contributed by atoms with E-state index in [0.29, 0.717) is 5.57 Å². The quantitative estimate of drug-likeness (QED) is 0.402. The van der Waals surface area contributed by atoms with Crippen LogP contribution in [-0.2, 0) is 33.3 Å². The highest BCUT2D eigenvalue weighted by Gasteiger charge is 2.86. The number of Topliss-reactive ketones (excluding diaryl/α,β-unsaturated/α-hetero) is 1. The molecular weight excluding hydrogens is 392 g/mol. The van der Waals surface area contributed by atoms with Gasteiger partial charge in [-0.05, 0) is 18.6 Å². The van der Waals surface area contributed by atoms with Crippen molar-refractivity contribution in [1.82, 2.24) is 0 Å². The number of allylic oxidation sites excluding steroid dienone is 1. The zero-order valence-electron chi connectivity index (χ0n) is 15.9. The number of carbonyl (C=O) groups is 3. The van der Waals surface area contributed by atoms with E-state index in [9.17, 15) is 19.5 Å². The average Bonchev–Trinajstić information content (AvgIpc) is 3.42. The summed E-state index contributed by atoms with van der Waals surface area (Å²) in [4.78, 5) is 36.3. The maximum absolute atomic E-state index is 12.7. The van der Waals surface area contributed by atoms with E-state index >= 15 is 0 Å². The molecule has 1 spiro atoms. The molecule has 1 saturated carbocycles. The second kappa shape index (κ2) is 6.26. The molecule has 2 bridgehead atoms. The lowest BCUT2D eigenvalue weighted by atomic mass is 9.51. The molecule has 0 aromatic heterocycles. The molecule has 1 N–H and O–H groups in total. The molecule has 2 heterocycles. The molecule has 0 aromatic carbocycles. The van der Waals surface area contributed by atoms with Gasteiger partial charge in [0.2, 0.25) is 0 Å². The Bertz CT molecular complexity index is 774. The van der Waals surface area contributed by atoms with E-state index in [1.54, 1.807) is 13.0 Å². The van der Waals surface area contributed by atoms with Gasteiger partial charge in [0.15, 0.2) is 5.78 Å². The number of fused-ring (bicyclic) bond motifs is 2. The zero-order chi connectivity index (χ0) is 20.5. The van der Waals surface area contributed by atoms with Gasteiger partial charge in [-0.2, -0.15) is 0 Å². The molecule has 8 nitrogen and oxygen atoms in total. The Morgan fingerprint density at radius 3 is 2.68 bits per heavy atom. The molecule has 154 valence electrons. The summed E-state index contributed by atoms with van der Waals surface area (Å²) in [6, 6.07) is 0. The molecule has 9 heteroatoms. The third-order valence-electron chi connectivity index (χ3n) is 7.07. The van der Waals surface area contributed by atoms with Gasteiger partial charge < -0.3 is 24.1 Å². The van der Waals surface area contributed by atoms with Crippen LogP contribution >= 0.6 is 11.6 Å². The van der Waals surface area contributed by atoms with E-state index in [2.05, 4.69) is 0 Å². The molecule has 0 unspecified atom stereocenters. The number of esters is 2. The minimum atomic E-state index is -1.16. The fraction of sp³-hybridized carbons (Fsp3) is 0.737. The summed E-state index contributed by atoms with van der Waals surface area (Å²) in [6.07, 6.45) is -1.81. The highest BCUT2D eigenvalue weighted by molar-refractivity contribution is 6.26. The number of hydrogen-bond donors (Lipinski definition) is 1. The predicted molar refractivity (Wildman–Crippen MR) is 94.5 cm³/mol. The third-order valence-corrected chi connectivity index (χ3v) is 7.29. The highest BCUT2D eigenvalue weighted by atomic mass is 35.5. The first-order valence-corrected chi connectivity index (χ1v) is 9.74. The normalized spacial score (nSPS) is 46.0. The van der Waals surface area contributed by atoms with Gasteiger partial charge in [0.25, 0.3) is 0 Å². The number of ether oxygens (including phenoxy) is 4. The fourth-order valence-electron chi connectivity index (χ4n) is 5.44. The van der Waals surface area contributed by atoms with Gasteiger partial charge in [0.1, 0.15) is 36.4 Å². The summed E-state index contributed by atoms with van der Waals surface area (Å²) in [5.41, 5.74) is -2.48. The Labute approximate surface area is 167 Å². The third kappa shape index (κ3) is 2.32. The number of alkyl halides is 1. The van der Waals surface area contributed by atoms with Gasteiger partial charge in [-0.3, -0.25) is 14.4 Å². The molecule has 2 saturated heterocycles. The first kappa shape index (κ1) is 19.8. The molecule has 2 aliphatic heterocycles. The monoisotopic (exact) mass is 414 g/mol. The van der Waals surface area contributed by atoms with E-state index in [0.717, 1.165) is 0 Å². The Hall–Kier alpha value is -1.48. The summed E-state index contributed by atoms with van der Waals surface area (Å²) in [6.45, 7) is 4.95. The second-order valence-electron chi connectivity index (χ2n) is 8.28. The Morgan fingerprint density at radius 1 is 1.43 bits per heavy atom. The molecule has 4 rings (SSSR count). The summed E-state index contributed by atoms with van der Waals surface area (Å²) in [5, 5.41) is 11.0. The number of epoxide rings is 1. The average molecular weight is 415 g/mol. The molecule has 2 aliphatic carbocycles. The molecule has 3 fully saturated rings. The van der Waals surface area contributed by atoms with Gasteiger partial charge in [-0.25, -0.2) is 0 Å². The first-order chi connectivity index (χ1) is 13.1. The Morgan fingerprint density at radius 2 is 2.11 bits per heavy atom. The topological polar surface area (TPSA) is 112 Å². The van der Waals surface area contributed by atoms with Crippen molar-refractivity contribution in [3.05, 3.63) is 11.6 Å². The molecular formula is C19H23ClO8. The minimum absolute atomic E-state index is 0.0171. The van der Waals surface area contributed by atoms with Crippen molar-refractivity contribution in [1.29, 1.82) is 0 Å². The van der Waals surface area contributed by atoms with E-state index < -0.39 is 52.8 Å². The maximum Gasteiger partial charge on any atom is 0.321 e.